The molecule has 0 unspecified atom stereocenters. The summed E-state index contributed by atoms with van der Waals surface area (Å²) in [6.45, 7) is 1.79. The van der Waals surface area contributed by atoms with Gasteiger partial charge in [-0.2, -0.15) is 5.10 Å². The number of aryl methyl sites for hydroxylation is 1. The van der Waals surface area contributed by atoms with E-state index in [1.165, 1.54) is 0 Å². The predicted octanol–water partition coefficient (Wildman–Crippen LogP) is 0.973. The lowest BCUT2D eigenvalue weighted by Crippen LogP contribution is -2.53. The molecular weight excluding hydrogens is 286 g/mol. The Kier molecular flexibility index (Phi) is 4.15. The Balaban J connectivity index is 1.79. The van der Waals surface area contributed by atoms with E-state index in [9.17, 15) is 9.59 Å². The maximum absolute atomic E-state index is 12.6. The third-order valence-electron chi connectivity index (χ3n) is 4.55. The largest absolute Gasteiger partial charge is 0.481 e. The van der Waals surface area contributed by atoms with Crippen LogP contribution in [-0.2, 0) is 22.5 Å². The lowest BCUT2D eigenvalue weighted by atomic mass is 9.86. The topological polar surface area (TPSA) is 93.5 Å². The van der Waals surface area contributed by atoms with Gasteiger partial charge in [0.2, 0.25) is 0 Å². The number of nitrogens with zero attached hydrogens (tertiary/aromatic N) is 2. The van der Waals surface area contributed by atoms with Crippen LogP contribution in [-0.4, -0.2) is 45.5 Å². The molecule has 1 aromatic heterocycles. The van der Waals surface area contributed by atoms with Gasteiger partial charge in [-0.1, -0.05) is 0 Å². The van der Waals surface area contributed by atoms with Crippen LogP contribution < -0.4 is 5.32 Å². The highest BCUT2D eigenvalue weighted by atomic mass is 16.5. The van der Waals surface area contributed by atoms with Gasteiger partial charge in [0.25, 0.3) is 5.91 Å². The van der Waals surface area contributed by atoms with Crippen molar-refractivity contribution in [3.63, 3.8) is 0 Å². The first-order valence-corrected chi connectivity index (χ1v) is 7.76. The average Bonchev–Trinajstić information content (AvgIpc) is 2.91. The van der Waals surface area contributed by atoms with E-state index in [4.69, 9.17) is 9.84 Å². The number of carbonyl (C=O) groups is 2. The highest BCUT2D eigenvalue weighted by Gasteiger charge is 2.37. The maximum Gasteiger partial charge on any atom is 0.305 e. The molecule has 0 aromatic carbocycles. The van der Waals surface area contributed by atoms with Crippen molar-refractivity contribution in [3.05, 3.63) is 17.5 Å². The number of amides is 1. The van der Waals surface area contributed by atoms with Gasteiger partial charge in [0.05, 0.1) is 29.4 Å². The van der Waals surface area contributed by atoms with Crippen LogP contribution in [0.2, 0.25) is 0 Å². The molecule has 1 amide bonds. The minimum Gasteiger partial charge on any atom is -0.481 e. The zero-order chi connectivity index (χ0) is 15.6. The third-order valence-corrected chi connectivity index (χ3v) is 4.55. The van der Waals surface area contributed by atoms with Crippen molar-refractivity contribution in [1.29, 1.82) is 0 Å². The van der Waals surface area contributed by atoms with Crippen LogP contribution in [0.25, 0.3) is 0 Å². The number of rotatable bonds is 4. The van der Waals surface area contributed by atoms with Crippen molar-refractivity contribution in [1.82, 2.24) is 15.1 Å². The fourth-order valence-corrected chi connectivity index (χ4v) is 3.32. The summed E-state index contributed by atoms with van der Waals surface area (Å²) in [6.07, 6.45) is 5.55. The number of fused-ring (bicyclic) bond motifs is 1. The van der Waals surface area contributed by atoms with Gasteiger partial charge >= 0.3 is 5.97 Å². The second kappa shape index (κ2) is 6.08. The number of nitrogens with one attached hydrogen (secondary N) is 1. The molecule has 0 bridgehead atoms. The molecule has 120 valence electrons. The van der Waals surface area contributed by atoms with Crippen molar-refractivity contribution >= 4 is 11.9 Å². The van der Waals surface area contributed by atoms with E-state index in [1.807, 2.05) is 4.68 Å². The SMILES string of the molecule is O=C(O)CC1(NC(=O)c2cnn3c2CCCC3)CCOCC1. The third kappa shape index (κ3) is 2.99. The summed E-state index contributed by atoms with van der Waals surface area (Å²) in [6, 6.07) is 0. The van der Waals surface area contributed by atoms with Crippen LogP contribution in [0.1, 0.15) is 48.2 Å². The Bertz CT molecular complexity index is 575. The Morgan fingerprint density at radius 1 is 1.36 bits per heavy atom. The Morgan fingerprint density at radius 2 is 2.14 bits per heavy atom. The standard InChI is InChI=1S/C15H21N3O4/c19-13(20)9-15(4-7-22-8-5-15)17-14(21)11-10-16-18-6-2-1-3-12(11)18/h10H,1-9H2,(H,17,21)(H,19,20). The van der Waals surface area contributed by atoms with Crippen LogP contribution in [0.4, 0.5) is 0 Å². The molecule has 0 radical (unpaired) electrons. The highest BCUT2D eigenvalue weighted by Crippen LogP contribution is 2.26. The molecule has 22 heavy (non-hydrogen) atoms. The molecule has 7 heteroatoms. The van der Waals surface area contributed by atoms with Gasteiger partial charge in [0.15, 0.2) is 0 Å². The summed E-state index contributed by atoms with van der Waals surface area (Å²) >= 11 is 0. The van der Waals surface area contributed by atoms with Gasteiger partial charge in [-0.15, -0.1) is 0 Å². The first-order valence-electron chi connectivity index (χ1n) is 7.76. The molecule has 3 rings (SSSR count). The summed E-state index contributed by atoms with van der Waals surface area (Å²) in [5.41, 5.74) is 0.822. The quantitative estimate of drug-likeness (QED) is 0.864. The van der Waals surface area contributed by atoms with E-state index in [1.54, 1.807) is 6.20 Å². The second-order valence-electron chi connectivity index (χ2n) is 6.10. The molecule has 0 saturated carbocycles. The van der Waals surface area contributed by atoms with E-state index in [-0.39, 0.29) is 12.3 Å². The van der Waals surface area contributed by atoms with Crippen molar-refractivity contribution in [2.24, 2.45) is 0 Å². The molecule has 2 aliphatic heterocycles. The summed E-state index contributed by atoms with van der Waals surface area (Å²) in [5, 5.41) is 16.4. The number of carbonyl (C=O) groups excluding carboxylic acids is 1. The van der Waals surface area contributed by atoms with E-state index >= 15 is 0 Å². The Morgan fingerprint density at radius 3 is 2.86 bits per heavy atom. The van der Waals surface area contributed by atoms with Gasteiger partial charge in [-0.05, 0) is 32.1 Å². The zero-order valence-electron chi connectivity index (χ0n) is 12.5. The maximum atomic E-state index is 12.6. The number of carboxylic acid groups (broad SMARTS) is 1. The summed E-state index contributed by atoms with van der Waals surface area (Å²) in [5.74, 6) is -1.12. The molecule has 1 fully saturated rings. The highest BCUT2D eigenvalue weighted by molar-refractivity contribution is 5.96. The normalized spacial score (nSPS) is 20.2. The van der Waals surface area contributed by atoms with Gasteiger partial charge in [-0.25, -0.2) is 0 Å². The van der Waals surface area contributed by atoms with E-state index in [2.05, 4.69) is 10.4 Å². The van der Waals surface area contributed by atoms with Crippen LogP contribution in [0.15, 0.2) is 6.20 Å². The van der Waals surface area contributed by atoms with Gasteiger partial charge in [0.1, 0.15) is 0 Å². The summed E-state index contributed by atoms with van der Waals surface area (Å²) in [4.78, 5) is 23.8. The van der Waals surface area contributed by atoms with Crippen LogP contribution in [0, 0.1) is 0 Å². The summed E-state index contributed by atoms with van der Waals surface area (Å²) < 4.78 is 7.19. The van der Waals surface area contributed by atoms with E-state index in [0.29, 0.717) is 31.6 Å². The van der Waals surface area contributed by atoms with Crippen LogP contribution in [0.3, 0.4) is 0 Å². The molecule has 0 aliphatic carbocycles. The van der Waals surface area contributed by atoms with Gasteiger partial charge in [0, 0.05) is 19.8 Å². The number of aliphatic carboxylic acids is 1. The van der Waals surface area contributed by atoms with Crippen molar-refractivity contribution in [2.45, 2.75) is 50.6 Å². The molecule has 3 heterocycles. The minimum atomic E-state index is -0.903. The first-order chi connectivity index (χ1) is 10.6. The first kappa shape index (κ1) is 15.0. The number of ether oxygens (including phenoxy) is 1. The smallest absolute Gasteiger partial charge is 0.305 e. The number of carboxylic acids is 1. The zero-order valence-corrected chi connectivity index (χ0v) is 12.5. The molecule has 1 saturated heterocycles. The second-order valence-corrected chi connectivity index (χ2v) is 6.10. The Hall–Kier alpha value is -1.89. The lowest BCUT2D eigenvalue weighted by molar-refractivity contribution is -0.139. The average molecular weight is 307 g/mol. The van der Waals surface area contributed by atoms with Crippen molar-refractivity contribution in [3.8, 4) is 0 Å². The minimum absolute atomic E-state index is 0.0778. The van der Waals surface area contributed by atoms with Gasteiger partial charge in [-0.3, -0.25) is 14.3 Å². The number of aromatic nitrogens is 2. The lowest BCUT2D eigenvalue weighted by Gasteiger charge is -2.36. The molecule has 0 atom stereocenters. The molecule has 2 aliphatic rings. The van der Waals surface area contributed by atoms with Crippen LogP contribution >= 0.6 is 0 Å². The predicted molar refractivity (Wildman–Crippen MR) is 77.7 cm³/mol. The van der Waals surface area contributed by atoms with Crippen molar-refractivity contribution < 1.29 is 19.4 Å². The fraction of sp³-hybridized carbons (Fsp3) is 0.667. The summed E-state index contributed by atoms with van der Waals surface area (Å²) in [7, 11) is 0. The van der Waals surface area contributed by atoms with E-state index < -0.39 is 11.5 Å². The molecule has 0 spiro atoms. The number of hydrogen-bond donors (Lipinski definition) is 2. The monoisotopic (exact) mass is 307 g/mol. The number of hydrogen-bond acceptors (Lipinski definition) is 4. The molecule has 1 aromatic rings. The molecule has 2 N–H and O–H groups in total. The van der Waals surface area contributed by atoms with Crippen molar-refractivity contribution in [2.75, 3.05) is 13.2 Å². The Labute approximate surface area is 128 Å². The van der Waals surface area contributed by atoms with E-state index in [0.717, 1.165) is 31.5 Å². The molecule has 7 nitrogen and oxygen atoms in total. The van der Waals surface area contributed by atoms with Crippen LogP contribution in [0.5, 0.6) is 0 Å². The van der Waals surface area contributed by atoms with Gasteiger partial charge < -0.3 is 15.2 Å². The fourth-order valence-electron chi connectivity index (χ4n) is 3.32. The molecular formula is C15H21N3O4.